The first kappa shape index (κ1) is 12.3. The van der Waals surface area contributed by atoms with E-state index in [-0.39, 0.29) is 5.69 Å². The zero-order valence-corrected chi connectivity index (χ0v) is 10.9. The first-order valence-electron chi connectivity index (χ1n) is 6.26. The van der Waals surface area contributed by atoms with E-state index in [1.165, 1.54) is 12.1 Å². The Morgan fingerprint density at radius 1 is 1.00 bits per heavy atom. The Hall–Kier alpha value is -2.75. The van der Waals surface area contributed by atoms with Crippen LogP contribution in [0.5, 0.6) is 0 Å². The largest absolute Gasteiger partial charge is 0.269 e. The van der Waals surface area contributed by atoms with Crippen LogP contribution in [-0.2, 0) is 0 Å². The standard InChI is InChI=1S/C16H12N2O2/c1-11-3-2-4-13-7-10-15(17-16(11)13)12-5-8-14(9-6-12)18(19)20/h2-10H,1H3. The number of nitro benzene ring substituents is 1. The summed E-state index contributed by atoms with van der Waals surface area (Å²) in [6, 6.07) is 16.5. The zero-order chi connectivity index (χ0) is 14.1. The molecule has 0 aliphatic heterocycles. The molecule has 0 spiro atoms. The molecular weight excluding hydrogens is 252 g/mol. The molecule has 0 atom stereocenters. The third-order valence-electron chi connectivity index (χ3n) is 3.30. The fourth-order valence-electron chi connectivity index (χ4n) is 2.21. The van der Waals surface area contributed by atoms with Crippen LogP contribution in [0.4, 0.5) is 5.69 Å². The molecule has 4 heteroatoms. The van der Waals surface area contributed by atoms with Gasteiger partial charge in [-0.15, -0.1) is 0 Å². The van der Waals surface area contributed by atoms with Crippen molar-refractivity contribution in [3.8, 4) is 11.3 Å². The second-order valence-corrected chi connectivity index (χ2v) is 4.65. The molecule has 3 rings (SSSR count). The number of nitrogens with zero attached hydrogens (tertiary/aromatic N) is 2. The molecule has 0 amide bonds. The average molecular weight is 264 g/mol. The molecule has 0 unspecified atom stereocenters. The molecule has 0 saturated carbocycles. The summed E-state index contributed by atoms with van der Waals surface area (Å²) in [6.07, 6.45) is 0. The van der Waals surface area contributed by atoms with Crippen LogP contribution in [0.1, 0.15) is 5.56 Å². The topological polar surface area (TPSA) is 56.0 Å². The van der Waals surface area contributed by atoms with Crippen LogP contribution in [0, 0.1) is 17.0 Å². The highest BCUT2D eigenvalue weighted by atomic mass is 16.6. The van der Waals surface area contributed by atoms with Crippen LogP contribution in [0.25, 0.3) is 22.2 Å². The van der Waals surface area contributed by atoms with Crippen molar-refractivity contribution in [2.75, 3.05) is 0 Å². The minimum absolute atomic E-state index is 0.0886. The number of nitro groups is 1. The van der Waals surface area contributed by atoms with E-state index in [2.05, 4.69) is 4.98 Å². The number of non-ortho nitro benzene ring substituents is 1. The van der Waals surface area contributed by atoms with Crippen molar-refractivity contribution < 1.29 is 4.92 Å². The summed E-state index contributed by atoms with van der Waals surface area (Å²) in [5.74, 6) is 0. The van der Waals surface area contributed by atoms with Crippen molar-refractivity contribution in [3.63, 3.8) is 0 Å². The second-order valence-electron chi connectivity index (χ2n) is 4.65. The number of hydrogen-bond acceptors (Lipinski definition) is 3. The van der Waals surface area contributed by atoms with Gasteiger partial charge in [-0.25, -0.2) is 4.98 Å². The number of rotatable bonds is 2. The number of benzene rings is 2. The van der Waals surface area contributed by atoms with Crippen LogP contribution < -0.4 is 0 Å². The molecule has 2 aromatic carbocycles. The summed E-state index contributed by atoms with van der Waals surface area (Å²) in [5, 5.41) is 11.8. The van der Waals surface area contributed by atoms with Crippen molar-refractivity contribution in [2.24, 2.45) is 0 Å². The number of fused-ring (bicyclic) bond motifs is 1. The lowest BCUT2D eigenvalue weighted by atomic mass is 10.1. The van der Waals surface area contributed by atoms with Gasteiger partial charge in [0.15, 0.2) is 0 Å². The van der Waals surface area contributed by atoms with Gasteiger partial charge < -0.3 is 0 Å². The minimum atomic E-state index is -0.401. The second kappa shape index (κ2) is 4.74. The van der Waals surface area contributed by atoms with Gasteiger partial charge in [0, 0.05) is 23.1 Å². The number of hydrogen-bond donors (Lipinski definition) is 0. The fourth-order valence-corrected chi connectivity index (χ4v) is 2.21. The predicted octanol–water partition coefficient (Wildman–Crippen LogP) is 4.12. The van der Waals surface area contributed by atoms with Crippen LogP contribution in [0.2, 0.25) is 0 Å². The van der Waals surface area contributed by atoms with Gasteiger partial charge in [-0.2, -0.15) is 0 Å². The molecule has 98 valence electrons. The lowest BCUT2D eigenvalue weighted by molar-refractivity contribution is -0.384. The van der Waals surface area contributed by atoms with Crippen molar-refractivity contribution >= 4 is 16.6 Å². The molecule has 4 nitrogen and oxygen atoms in total. The molecular formula is C16H12N2O2. The van der Waals surface area contributed by atoms with Crippen LogP contribution in [-0.4, -0.2) is 9.91 Å². The Labute approximate surface area is 115 Å². The summed E-state index contributed by atoms with van der Waals surface area (Å²) in [5.41, 5.74) is 3.86. The van der Waals surface area contributed by atoms with E-state index in [9.17, 15) is 10.1 Å². The summed E-state index contributed by atoms with van der Waals surface area (Å²) in [6.45, 7) is 2.02. The maximum atomic E-state index is 10.7. The van der Waals surface area contributed by atoms with Gasteiger partial charge >= 0.3 is 0 Å². The van der Waals surface area contributed by atoms with E-state index in [4.69, 9.17) is 0 Å². The SMILES string of the molecule is Cc1cccc2ccc(-c3ccc([N+](=O)[O-])cc3)nc12. The monoisotopic (exact) mass is 264 g/mol. The van der Waals surface area contributed by atoms with Crippen molar-refractivity contribution in [2.45, 2.75) is 6.92 Å². The van der Waals surface area contributed by atoms with Crippen LogP contribution in [0.15, 0.2) is 54.6 Å². The molecule has 1 aromatic heterocycles. The van der Waals surface area contributed by atoms with Crippen molar-refractivity contribution in [1.82, 2.24) is 4.98 Å². The Morgan fingerprint density at radius 3 is 2.45 bits per heavy atom. The molecule has 0 fully saturated rings. The molecule has 0 bridgehead atoms. The van der Waals surface area contributed by atoms with E-state index >= 15 is 0 Å². The Kier molecular flexibility index (Phi) is 2.91. The lowest BCUT2D eigenvalue weighted by Gasteiger charge is -2.05. The van der Waals surface area contributed by atoms with Gasteiger partial charge in [0.05, 0.1) is 16.1 Å². The quantitative estimate of drug-likeness (QED) is 0.516. The Morgan fingerprint density at radius 2 is 1.75 bits per heavy atom. The van der Waals surface area contributed by atoms with Gasteiger partial charge in [0.25, 0.3) is 5.69 Å². The summed E-state index contributed by atoms with van der Waals surface area (Å²) in [7, 11) is 0. The normalized spacial score (nSPS) is 10.7. The highest BCUT2D eigenvalue weighted by Crippen LogP contribution is 2.24. The van der Waals surface area contributed by atoms with E-state index in [0.717, 1.165) is 27.7 Å². The minimum Gasteiger partial charge on any atom is -0.258 e. The van der Waals surface area contributed by atoms with E-state index in [0.29, 0.717) is 0 Å². The highest BCUT2D eigenvalue weighted by Gasteiger charge is 2.07. The highest BCUT2D eigenvalue weighted by molar-refractivity contribution is 5.84. The molecule has 0 aliphatic carbocycles. The predicted molar refractivity (Wildman–Crippen MR) is 78.6 cm³/mol. The van der Waals surface area contributed by atoms with Gasteiger partial charge in [0.2, 0.25) is 0 Å². The zero-order valence-electron chi connectivity index (χ0n) is 10.9. The summed E-state index contributed by atoms with van der Waals surface area (Å²) >= 11 is 0. The maximum absolute atomic E-state index is 10.7. The number of aryl methyl sites for hydroxylation is 1. The Bertz CT molecular complexity index is 795. The average Bonchev–Trinajstić information content (AvgIpc) is 2.47. The number of aromatic nitrogens is 1. The molecule has 0 aliphatic rings. The first-order chi connectivity index (χ1) is 9.65. The van der Waals surface area contributed by atoms with Gasteiger partial charge in [-0.3, -0.25) is 10.1 Å². The van der Waals surface area contributed by atoms with E-state index in [1.807, 2.05) is 37.3 Å². The molecule has 0 radical (unpaired) electrons. The smallest absolute Gasteiger partial charge is 0.258 e. The van der Waals surface area contributed by atoms with Gasteiger partial charge in [-0.1, -0.05) is 24.3 Å². The van der Waals surface area contributed by atoms with Gasteiger partial charge in [-0.05, 0) is 30.7 Å². The van der Waals surface area contributed by atoms with Crippen LogP contribution >= 0.6 is 0 Å². The van der Waals surface area contributed by atoms with Crippen LogP contribution in [0.3, 0.4) is 0 Å². The number of para-hydroxylation sites is 1. The molecule has 0 N–H and O–H groups in total. The fraction of sp³-hybridized carbons (Fsp3) is 0.0625. The molecule has 0 saturated heterocycles. The third kappa shape index (κ3) is 2.12. The van der Waals surface area contributed by atoms with Crippen molar-refractivity contribution in [3.05, 3.63) is 70.3 Å². The van der Waals surface area contributed by atoms with Gasteiger partial charge in [0.1, 0.15) is 0 Å². The van der Waals surface area contributed by atoms with Crippen molar-refractivity contribution in [1.29, 1.82) is 0 Å². The van der Waals surface area contributed by atoms with E-state index < -0.39 is 4.92 Å². The molecule has 1 heterocycles. The third-order valence-corrected chi connectivity index (χ3v) is 3.30. The summed E-state index contributed by atoms with van der Waals surface area (Å²) in [4.78, 5) is 14.9. The molecule has 3 aromatic rings. The first-order valence-corrected chi connectivity index (χ1v) is 6.26. The Balaban J connectivity index is 2.10. The summed E-state index contributed by atoms with van der Waals surface area (Å²) < 4.78 is 0. The molecule has 20 heavy (non-hydrogen) atoms. The lowest BCUT2D eigenvalue weighted by Crippen LogP contribution is -1.90. The maximum Gasteiger partial charge on any atom is 0.269 e. The van der Waals surface area contributed by atoms with E-state index in [1.54, 1.807) is 12.1 Å². The number of pyridine rings is 1.